The number of rotatable bonds is 5. The fourth-order valence-electron chi connectivity index (χ4n) is 2.69. The molecule has 0 radical (unpaired) electrons. The van der Waals surface area contributed by atoms with Gasteiger partial charge in [-0.15, -0.1) is 0 Å². The Morgan fingerprint density at radius 1 is 1.32 bits per heavy atom. The van der Waals surface area contributed by atoms with E-state index in [2.05, 4.69) is 31.3 Å². The van der Waals surface area contributed by atoms with E-state index in [9.17, 15) is 4.79 Å². The molecular formula is C16H24N2O. The van der Waals surface area contributed by atoms with E-state index in [1.165, 1.54) is 5.56 Å². The number of amides is 1. The Morgan fingerprint density at radius 2 is 2.00 bits per heavy atom. The Balaban J connectivity index is 2.02. The number of nitrogens with zero attached hydrogens (tertiary/aromatic N) is 1. The van der Waals surface area contributed by atoms with Gasteiger partial charge in [-0.2, -0.15) is 0 Å². The lowest BCUT2D eigenvalue weighted by atomic mass is 9.95. The molecule has 1 fully saturated rings. The number of hydrogen-bond donors (Lipinski definition) is 1. The highest BCUT2D eigenvalue weighted by Crippen LogP contribution is 2.26. The van der Waals surface area contributed by atoms with E-state index in [1.54, 1.807) is 0 Å². The molecule has 1 saturated heterocycles. The third-order valence-corrected chi connectivity index (χ3v) is 4.14. The average Bonchev–Trinajstić information content (AvgIpc) is 2.78. The standard InChI is InChI=1S/C16H24N2O/c1-12(2)14-9-16(19)18(10-14)11-15(17-3)13-7-5-4-6-8-13/h4-8,12,14-15,17H,9-11H2,1-3H3. The topological polar surface area (TPSA) is 32.3 Å². The van der Waals surface area contributed by atoms with Crippen molar-refractivity contribution in [2.75, 3.05) is 20.1 Å². The SMILES string of the molecule is CNC(CN1CC(C(C)C)CC1=O)c1ccccc1. The molecule has 1 aliphatic rings. The minimum absolute atomic E-state index is 0.219. The number of likely N-dealkylation sites (tertiary alicyclic amines) is 1. The van der Waals surface area contributed by atoms with Gasteiger partial charge in [-0.05, 0) is 24.4 Å². The van der Waals surface area contributed by atoms with Crippen LogP contribution >= 0.6 is 0 Å². The summed E-state index contributed by atoms with van der Waals surface area (Å²) in [4.78, 5) is 14.1. The molecule has 2 atom stereocenters. The Kier molecular flexibility index (Phi) is 4.59. The highest BCUT2D eigenvalue weighted by Gasteiger charge is 2.32. The molecule has 0 aromatic heterocycles. The minimum atomic E-state index is 0.219. The number of nitrogens with one attached hydrogen (secondary N) is 1. The lowest BCUT2D eigenvalue weighted by Crippen LogP contribution is -2.35. The lowest BCUT2D eigenvalue weighted by Gasteiger charge is -2.24. The van der Waals surface area contributed by atoms with E-state index in [-0.39, 0.29) is 6.04 Å². The number of hydrogen-bond acceptors (Lipinski definition) is 2. The van der Waals surface area contributed by atoms with Crippen molar-refractivity contribution in [3.05, 3.63) is 35.9 Å². The smallest absolute Gasteiger partial charge is 0.222 e. The molecule has 0 bridgehead atoms. The van der Waals surface area contributed by atoms with Crippen LogP contribution in [0.2, 0.25) is 0 Å². The zero-order valence-electron chi connectivity index (χ0n) is 12.1. The van der Waals surface area contributed by atoms with Crippen molar-refractivity contribution >= 4 is 5.91 Å². The van der Waals surface area contributed by atoms with Crippen LogP contribution in [-0.2, 0) is 4.79 Å². The summed E-state index contributed by atoms with van der Waals surface area (Å²) in [5.41, 5.74) is 1.24. The Labute approximate surface area is 116 Å². The molecule has 1 aromatic carbocycles. The third kappa shape index (κ3) is 3.35. The van der Waals surface area contributed by atoms with Crippen LogP contribution < -0.4 is 5.32 Å². The maximum absolute atomic E-state index is 12.1. The number of carbonyl (C=O) groups is 1. The van der Waals surface area contributed by atoms with Crippen molar-refractivity contribution in [1.29, 1.82) is 0 Å². The molecule has 1 heterocycles. The Bertz CT molecular complexity index is 416. The summed E-state index contributed by atoms with van der Waals surface area (Å²) < 4.78 is 0. The monoisotopic (exact) mass is 260 g/mol. The van der Waals surface area contributed by atoms with Crippen LogP contribution in [0.15, 0.2) is 30.3 Å². The molecule has 19 heavy (non-hydrogen) atoms. The van der Waals surface area contributed by atoms with Crippen molar-refractivity contribution in [3.8, 4) is 0 Å². The normalized spacial score (nSPS) is 21.2. The van der Waals surface area contributed by atoms with Gasteiger partial charge in [0, 0.05) is 25.6 Å². The second-order valence-electron chi connectivity index (χ2n) is 5.76. The summed E-state index contributed by atoms with van der Waals surface area (Å²) in [6.07, 6.45) is 0.711. The van der Waals surface area contributed by atoms with Gasteiger partial charge >= 0.3 is 0 Å². The molecule has 1 aliphatic heterocycles. The van der Waals surface area contributed by atoms with Gasteiger partial charge in [0.2, 0.25) is 5.91 Å². The Hall–Kier alpha value is -1.35. The second kappa shape index (κ2) is 6.20. The summed E-state index contributed by atoms with van der Waals surface area (Å²) in [5.74, 6) is 1.40. The van der Waals surface area contributed by atoms with Gasteiger partial charge in [-0.3, -0.25) is 4.79 Å². The Morgan fingerprint density at radius 3 is 2.53 bits per heavy atom. The van der Waals surface area contributed by atoms with Crippen molar-refractivity contribution in [3.63, 3.8) is 0 Å². The van der Waals surface area contributed by atoms with E-state index >= 15 is 0 Å². The molecule has 0 spiro atoms. The van der Waals surface area contributed by atoms with E-state index < -0.39 is 0 Å². The molecule has 0 aliphatic carbocycles. The highest BCUT2D eigenvalue weighted by molar-refractivity contribution is 5.78. The molecule has 2 unspecified atom stereocenters. The van der Waals surface area contributed by atoms with Crippen LogP contribution in [0.5, 0.6) is 0 Å². The van der Waals surface area contributed by atoms with Gasteiger partial charge in [-0.1, -0.05) is 44.2 Å². The molecule has 3 heteroatoms. The van der Waals surface area contributed by atoms with Crippen molar-refractivity contribution in [1.82, 2.24) is 10.2 Å². The number of benzene rings is 1. The van der Waals surface area contributed by atoms with Crippen LogP contribution in [-0.4, -0.2) is 30.9 Å². The zero-order valence-corrected chi connectivity index (χ0v) is 12.1. The quantitative estimate of drug-likeness (QED) is 0.882. The summed E-state index contributed by atoms with van der Waals surface area (Å²) in [6.45, 7) is 6.08. The van der Waals surface area contributed by atoms with Crippen molar-refractivity contribution in [2.24, 2.45) is 11.8 Å². The fourth-order valence-corrected chi connectivity index (χ4v) is 2.69. The van der Waals surface area contributed by atoms with Crippen LogP contribution in [0.25, 0.3) is 0 Å². The highest BCUT2D eigenvalue weighted by atomic mass is 16.2. The van der Waals surface area contributed by atoms with Crippen molar-refractivity contribution in [2.45, 2.75) is 26.3 Å². The predicted molar refractivity (Wildman–Crippen MR) is 77.8 cm³/mol. The first-order valence-corrected chi connectivity index (χ1v) is 7.11. The molecular weight excluding hydrogens is 236 g/mol. The molecule has 3 nitrogen and oxygen atoms in total. The summed E-state index contributed by atoms with van der Waals surface area (Å²) in [6, 6.07) is 10.6. The minimum Gasteiger partial charge on any atom is -0.340 e. The molecule has 1 amide bonds. The van der Waals surface area contributed by atoms with Gasteiger partial charge in [0.05, 0.1) is 0 Å². The molecule has 2 rings (SSSR count). The van der Waals surface area contributed by atoms with Crippen molar-refractivity contribution < 1.29 is 4.79 Å². The van der Waals surface area contributed by atoms with Gasteiger partial charge in [0.1, 0.15) is 0 Å². The van der Waals surface area contributed by atoms with Gasteiger partial charge < -0.3 is 10.2 Å². The van der Waals surface area contributed by atoms with E-state index in [0.29, 0.717) is 24.2 Å². The van der Waals surface area contributed by atoms with Gasteiger partial charge in [0.25, 0.3) is 0 Å². The van der Waals surface area contributed by atoms with Gasteiger partial charge in [0.15, 0.2) is 0 Å². The predicted octanol–water partition coefficient (Wildman–Crippen LogP) is 2.45. The number of likely N-dealkylation sites (N-methyl/N-ethyl adjacent to an activating group) is 1. The lowest BCUT2D eigenvalue weighted by molar-refractivity contribution is -0.128. The van der Waals surface area contributed by atoms with E-state index in [4.69, 9.17) is 0 Å². The van der Waals surface area contributed by atoms with Crippen LogP contribution in [0.1, 0.15) is 31.9 Å². The fraction of sp³-hybridized carbons (Fsp3) is 0.562. The first-order chi connectivity index (χ1) is 9.11. The molecule has 1 aromatic rings. The number of carbonyl (C=O) groups excluding carboxylic acids is 1. The van der Waals surface area contributed by atoms with E-state index in [0.717, 1.165) is 13.1 Å². The summed E-state index contributed by atoms with van der Waals surface area (Å²) >= 11 is 0. The summed E-state index contributed by atoms with van der Waals surface area (Å²) in [5, 5.41) is 3.32. The average molecular weight is 260 g/mol. The zero-order chi connectivity index (χ0) is 13.8. The maximum atomic E-state index is 12.1. The van der Waals surface area contributed by atoms with Crippen LogP contribution in [0.3, 0.4) is 0 Å². The summed E-state index contributed by atoms with van der Waals surface area (Å²) in [7, 11) is 1.96. The van der Waals surface area contributed by atoms with Gasteiger partial charge in [-0.25, -0.2) is 0 Å². The molecule has 0 saturated carbocycles. The van der Waals surface area contributed by atoms with Crippen LogP contribution in [0.4, 0.5) is 0 Å². The largest absolute Gasteiger partial charge is 0.340 e. The third-order valence-electron chi connectivity index (χ3n) is 4.14. The molecule has 104 valence electrons. The molecule has 1 N–H and O–H groups in total. The van der Waals surface area contributed by atoms with E-state index in [1.807, 2.05) is 30.1 Å². The first kappa shape index (κ1) is 14.1. The van der Waals surface area contributed by atoms with Crippen LogP contribution in [0, 0.1) is 11.8 Å². The first-order valence-electron chi connectivity index (χ1n) is 7.11. The maximum Gasteiger partial charge on any atom is 0.222 e. The second-order valence-corrected chi connectivity index (χ2v) is 5.76.